The number of carbonyl (C=O) groups is 3. The molecule has 58 heavy (non-hydrogen) atoms. The molecule has 0 radical (unpaired) electrons. The lowest BCUT2D eigenvalue weighted by molar-refractivity contribution is -0.164. The first-order valence-corrected chi connectivity index (χ1v) is 23.4. The Hall–Kier alpha value is -2.23. The highest BCUT2D eigenvalue weighted by molar-refractivity contribution is 5.70. The van der Waals surface area contributed by atoms with Crippen LogP contribution in [0.15, 0.2) is 23.3 Å². The summed E-state index contributed by atoms with van der Waals surface area (Å²) in [6, 6.07) is 0. The van der Waals surface area contributed by atoms with E-state index in [1.807, 2.05) is 14.1 Å². The Balaban J connectivity index is 0.936. The van der Waals surface area contributed by atoms with Gasteiger partial charge in [0.25, 0.3) is 0 Å². The highest BCUT2D eigenvalue weighted by Gasteiger charge is 3.11. The highest BCUT2D eigenvalue weighted by atomic mass is 16.7. The Morgan fingerprint density at radius 3 is 2.19 bits per heavy atom. The fourth-order valence-corrected chi connectivity index (χ4v) is 11.5. The van der Waals surface area contributed by atoms with Gasteiger partial charge in [-0.1, -0.05) is 50.0 Å². The third kappa shape index (κ3) is 12.4. The Morgan fingerprint density at radius 1 is 0.810 bits per heavy atom. The maximum Gasteiger partial charge on any atom is 0.306 e. The third-order valence-corrected chi connectivity index (χ3v) is 14.9. The van der Waals surface area contributed by atoms with E-state index in [0.717, 1.165) is 88.5 Å². The van der Waals surface area contributed by atoms with Gasteiger partial charge in [-0.15, -0.1) is 0 Å². The summed E-state index contributed by atoms with van der Waals surface area (Å²) in [5, 5.41) is 0. The molecule has 5 rings (SSSR count). The lowest BCUT2D eigenvalue weighted by Gasteiger charge is -2.34. The molecule has 0 aromatic carbocycles. The topological polar surface area (TPSA) is 101 Å². The van der Waals surface area contributed by atoms with E-state index in [1.54, 1.807) is 0 Å². The molecule has 11 atom stereocenters. The van der Waals surface area contributed by atoms with Gasteiger partial charge < -0.3 is 28.6 Å². The van der Waals surface area contributed by atoms with Crippen molar-refractivity contribution in [3.8, 4) is 0 Å². The van der Waals surface area contributed by atoms with E-state index in [0.29, 0.717) is 93.0 Å². The minimum absolute atomic E-state index is 0.119. The molecule has 0 aromatic rings. The van der Waals surface area contributed by atoms with Crippen molar-refractivity contribution in [2.24, 2.45) is 52.3 Å². The molecular weight excluding hydrogens is 731 g/mol. The number of carbonyl (C=O) groups excluding carboxylic acids is 3. The number of fused-ring (bicyclic) bond motifs is 3. The van der Waals surface area contributed by atoms with E-state index in [2.05, 4.69) is 58.6 Å². The molecule has 9 nitrogen and oxygen atoms in total. The van der Waals surface area contributed by atoms with Crippen LogP contribution in [0.2, 0.25) is 0 Å². The zero-order chi connectivity index (χ0) is 41.9. The van der Waals surface area contributed by atoms with Crippen molar-refractivity contribution in [3.05, 3.63) is 23.3 Å². The van der Waals surface area contributed by atoms with Crippen molar-refractivity contribution >= 4 is 17.9 Å². The van der Waals surface area contributed by atoms with Crippen molar-refractivity contribution < 1.29 is 38.1 Å². The van der Waals surface area contributed by atoms with E-state index in [9.17, 15) is 14.4 Å². The Bertz CT molecular complexity index is 1390. The SMILES string of the molecule is CC(C)=CCCC1CCOC(CCC(=O)OCCCCCCC(CCCC(=O)OC[C@@H]2CC3C4C5C34C52C)OC(=O)CCCN(C)C)OCCC(C)C1CC=C(C)C. The van der Waals surface area contributed by atoms with Crippen LogP contribution in [0.25, 0.3) is 0 Å². The second-order valence-corrected chi connectivity index (χ2v) is 19.8. The van der Waals surface area contributed by atoms with Gasteiger partial charge >= 0.3 is 17.9 Å². The summed E-state index contributed by atoms with van der Waals surface area (Å²) in [6.07, 6.45) is 18.8. The molecular formula is C49H81NO8. The molecule has 1 saturated heterocycles. The molecule has 10 unspecified atom stereocenters. The molecule has 5 fully saturated rings. The summed E-state index contributed by atoms with van der Waals surface area (Å²) >= 11 is 0. The van der Waals surface area contributed by atoms with E-state index in [1.165, 1.54) is 24.0 Å². The Morgan fingerprint density at radius 2 is 1.50 bits per heavy atom. The summed E-state index contributed by atoms with van der Waals surface area (Å²) < 4.78 is 29.7. The van der Waals surface area contributed by atoms with Crippen molar-refractivity contribution in [1.82, 2.24) is 4.90 Å². The van der Waals surface area contributed by atoms with Gasteiger partial charge in [-0.2, -0.15) is 0 Å². The van der Waals surface area contributed by atoms with E-state index >= 15 is 0 Å². The standard InChI is InChI=1S/C49H81NO8/c1-34(2)16-13-17-37-27-31-56-45(55-30-26-36(5)40(37)23-22-35(3)4)25-24-43(52)54-29-12-10-9-11-18-39(58-44(53)21-15-28-50(7)8)19-14-20-42(51)57-33-38-32-41-46-47-48(38,6)49(41,46)47/h16,22,36-41,45-47H,9-15,17-21,23-33H2,1-8H3/t36?,37?,38-,39?,40?,41?,45?,46?,47?,48?,49?/m0/s1. The monoisotopic (exact) mass is 812 g/mol. The van der Waals surface area contributed by atoms with Crippen LogP contribution in [0.4, 0.5) is 0 Å². The van der Waals surface area contributed by atoms with Crippen LogP contribution in [0.5, 0.6) is 0 Å². The van der Waals surface area contributed by atoms with Crippen LogP contribution in [-0.4, -0.2) is 82.3 Å². The number of nitrogens with zero attached hydrogens (tertiary/aromatic N) is 1. The average molecular weight is 812 g/mol. The van der Waals surface area contributed by atoms with Crippen LogP contribution in [0, 0.1) is 52.3 Å². The van der Waals surface area contributed by atoms with Crippen LogP contribution in [-0.2, 0) is 38.1 Å². The first-order valence-electron chi connectivity index (χ1n) is 23.4. The smallest absolute Gasteiger partial charge is 0.306 e. The van der Waals surface area contributed by atoms with Crippen molar-refractivity contribution in [1.29, 1.82) is 0 Å². The van der Waals surface area contributed by atoms with Crippen LogP contribution in [0.1, 0.15) is 157 Å². The van der Waals surface area contributed by atoms with Crippen molar-refractivity contribution in [2.45, 2.75) is 170 Å². The van der Waals surface area contributed by atoms with Crippen molar-refractivity contribution in [3.63, 3.8) is 0 Å². The molecule has 9 heteroatoms. The second kappa shape index (κ2) is 22.0. The van der Waals surface area contributed by atoms with Gasteiger partial charge in [-0.25, -0.2) is 0 Å². The molecule has 4 aliphatic carbocycles. The number of hydrogen-bond donors (Lipinski definition) is 0. The lowest BCUT2D eigenvalue weighted by atomic mass is 9.75. The van der Waals surface area contributed by atoms with Crippen LogP contribution >= 0.6 is 0 Å². The molecule has 5 aliphatic rings. The maximum atomic E-state index is 12.7. The number of ether oxygens (including phenoxy) is 5. The van der Waals surface area contributed by atoms with E-state index in [4.69, 9.17) is 23.7 Å². The highest BCUT2D eigenvalue weighted by Crippen LogP contribution is 3.14. The zero-order valence-electron chi connectivity index (χ0n) is 37.8. The first-order chi connectivity index (χ1) is 27.8. The van der Waals surface area contributed by atoms with Gasteiger partial charge in [-0.3, -0.25) is 14.4 Å². The van der Waals surface area contributed by atoms with Crippen LogP contribution < -0.4 is 0 Å². The predicted octanol–water partition coefficient (Wildman–Crippen LogP) is 10.3. The Kier molecular flexibility index (Phi) is 17.8. The number of esters is 3. The minimum atomic E-state index is -0.384. The molecule has 1 heterocycles. The van der Waals surface area contributed by atoms with Gasteiger partial charge in [0.2, 0.25) is 0 Å². The molecule has 4 saturated carbocycles. The summed E-state index contributed by atoms with van der Waals surface area (Å²) in [5.41, 5.74) is 3.92. The fourth-order valence-electron chi connectivity index (χ4n) is 11.5. The summed E-state index contributed by atoms with van der Waals surface area (Å²) in [7, 11) is 4.01. The quantitative estimate of drug-likeness (QED) is 0.0366. The van der Waals surface area contributed by atoms with Crippen LogP contribution in [0.3, 0.4) is 0 Å². The zero-order valence-corrected chi connectivity index (χ0v) is 37.8. The summed E-state index contributed by atoms with van der Waals surface area (Å²) in [6.45, 7) is 16.6. The molecule has 0 aromatic heterocycles. The van der Waals surface area contributed by atoms with E-state index < -0.39 is 0 Å². The molecule has 330 valence electrons. The molecule has 0 bridgehead atoms. The molecule has 0 amide bonds. The number of hydrogen-bond acceptors (Lipinski definition) is 9. The number of allylic oxidation sites excluding steroid dienone is 4. The minimum Gasteiger partial charge on any atom is -0.466 e. The molecule has 1 aliphatic heterocycles. The normalized spacial score (nSPS) is 32.3. The van der Waals surface area contributed by atoms with Gasteiger partial charge in [0.1, 0.15) is 6.10 Å². The predicted molar refractivity (Wildman–Crippen MR) is 229 cm³/mol. The largest absolute Gasteiger partial charge is 0.466 e. The summed E-state index contributed by atoms with van der Waals surface area (Å²) in [5.74, 6) is 4.74. The second-order valence-electron chi connectivity index (χ2n) is 19.8. The van der Waals surface area contributed by atoms with Gasteiger partial charge in [0.05, 0.1) is 26.2 Å². The third-order valence-electron chi connectivity index (χ3n) is 14.9. The number of unbranched alkanes of at least 4 members (excludes halogenated alkanes) is 3. The van der Waals surface area contributed by atoms with Gasteiger partial charge in [0.15, 0.2) is 6.29 Å². The van der Waals surface area contributed by atoms with Gasteiger partial charge in [-0.05, 0) is 178 Å². The maximum absolute atomic E-state index is 12.7. The molecule has 0 N–H and O–H groups in total. The van der Waals surface area contributed by atoms with E-state index in [-0.39, 0.29) is 36.7 Å². The molecule has 1 spiro atoms. The van der Waals surface area contributed by atoms with Crippen molar-refractivity contribution in [2.75, 3.05) is 47.1 Å². The number of rotatable bonds is 26. The first kappa shape index (κ1) is 46.8. The summed E-state index contributed by atoms with van der Waals surface area (Å²) in [4.78, 5) is 40.0. The van der Waals surface area contributed by atoms with Gasteiger partial charge in [0, 0.05) is 25.9 Å². The Labute approximate surface area is 352 Å². The lowest BCUT2D eigenvalue weighted by Crippen LogP contribution is -2.29. The fraction of sp³-hybridized carbons (Fsp3) is 0.857. The average Bonchev–Trinajstić information content (AvgIpc) is 4.10.